The molecule has 0 aromatic heterocycles. The van der Waals surface area contributed by atoms with Crippen LogP contribution >= 0.6 is 0 Å². The van der Waals surface area contributed by atoms with Crippen LogP contribution in [0.2, 0.25) is 0 Å². The Hall–Kier alpha value is -1.46. The molecule has 0 radical (unpaired) electrons. The van der Waals surface area contributed by atoms with Crippen LogP contribution in [0.4, 0.5) is 4.39 Å². The third-order valence-electron chi connectivity index (χ3n) is 2.64. The summed E-state index contributed by atoms with van der Waals surface area (Å²) in [6.45, 7) is 2.28. The number of rotatable bonds is 6. The lowest BCUT2D eigenvalue weighted by molar-refractivity contribution is 0.0652. The Kier molecular flexibility index (Phi) is 5.74. The number of amides is 1. The van der Waals surface area contributed by atoms with Gasteiger partial charge in [-0.25, -0.2) is 4.39 Å². The average Bonchev–Trinajstić information content (AvgIpc) is 2.37. The van der Waals surface area contributed by atoms with Gasteiger partial charge in [-0.05, 0) is 18.6 Å². The van der Waals surface area contributed by atoms with Crippen molar-refractivity contribution in [2.24, 2.45) is 0 Å². The van der Waals surface area contributed by atoms with Crippen molar-refractivity contribution >= 4 is 5.91 Å². The lowest BCUT2D eigenvalue weighted by atomic mass is 10.1. The molecule has 0 heterocycles. The Morgan fingerprint density at radius 1 is 1.44 bits per heavy atom. The van der Waals surface area contributed by atoms with Crippen LogP contribution in [0.3, 0.4) is 0 Å². The number of aryl methyl sites for hydroxylation is 1. The largest absolute Gasteiger partial charge is 0.395 e. The normalized spacial score (nSPS) is 10.4. The molecule has 100 valence electrons. The minimum Gasteiger partial charge on any atom is -0.395 e. The van der Waals surface area contributed by atoms with Gasteiger partial charge in [-0.3, -0.25) is 4.79 Å². The van der Waals surface area contributed by atoms with Gasteiger partial charge in [-0.2, -0.15) is 0 Å². The summed E-state index contributed by atoms with van der Waals surface area (Å²) >= 11 is 0. The maximum Gasteiger partial charge on any atom is 0.256 e. The van der Waals surface area contributed by atoms with E-state index in [0.717, 1.165) is 0 Å². The molecule has 18 heavy (non-hydrogen) atoms. The summed E-state index contributed by atoms with van der Waals surface area (Å²) in [6, 6.07) is 4.69. The zero-order valence-electron chi connectivity index (χ0n) is 10.6. The first-order valence-electron chi connectivity index (χ1n) is 5.76. The second-order valence-corrected chi connectivity index (χ2v) is 3.95. The van der Waals surface area contributed by atoms with E-state index in [2.05, 4.69) is 0 Å². The minimum absolute atomic E-state index is 0.0274. The number of methoxy groups -OCH3 is 1. The van der Waals surface area contributed by atoms with Crippen molar-refractivity contribution < 1.29 is 19.0 Å². The fraction of sp³-hybridized carbons (Fsp3) is 0.462. The molecular weight excluding hydrogens is 237 g/mol. The van der Waals surface area contributed by atoms with Gasteiger partial charge in [-0.15, -0.1) is 0 Å². The quantitative estimate of drug-likeness (QED) is 0.831. The maximum atomic E-state index is 13.8. The summed E-state index contributed by atoms with van der Waals surface area (Å²) < 4.78 is 18.7. The van der Waals surface area contributed by atoms with Crippen molar-refractivity contribution in [1.29, 1.82) is 0 Å². The number of aliphatic hydroxyl groups is 1. The van der Waals surface area contributed by atoms with Gasteiger partial charge in [0.05, 0.1) is 18.8 Å². The van der Waals surface area contributed by atoms with E-state index in [-0.39, 0.29) is 18.7 Å². The van der Waals surface area contributed by atoms with Crippen LogP contribution in [-0.2, 0) is 4.74 Å². The molecule has 1 N–H and O–H groups in total. The molecule has 4 nitrogen and oxygen atoms in total. The van der Waals surface area contributed by atoms with Gasteiger partial charge in [0.2, 0.25) is 0 Å². The molecule has 1 aromatic rings. The molecule has 0 saturated heterocycles. The summed E-state index contributed by atoms with van der Waals surface area (Å²) in [4.78, 5) is 13.5. The average molecular weight is 255 g/mol. The molecule has 0 saturated carbocycles. The highest BCUT2D eigenvalue weighted by Crippen LogP contribution is 2.14. The topological polar surface area (TPSA) is 49.8 Å². The van der Waals surface area contributed by atoms with Crippen LogP contribution in [-0.4, -0.2) is 49.3 Å². The number of halogens is 1. The van der Waals surface area contributed by atoms with Gasteiger partial charge >= 0.3 is 0 Å². The van der Waals surface area contributed by atoms with Crippen molar-refractivity contribution in [2.75, 3.05) is 33.4 Å². The third-order valence-corrected chi connectivity index (χ3v) is 2.64. The van der Waals surface area contributed by atoms with Crippen LogP contribution in [0, 0.1) is 12.7 Å². The number of ether oxygens (including phenoxy) is 1. The predicted octanol–water partition coefficient (Wildman–Crippen LogP) is 1.22. The van der Waals surface area contributed by atoms with Crippen molar-refractivity contribution in [3.8, 4) is 0 Å². The van der Waals surface area contributed by atoms with Gasteiger partial charge in [0.15, 0.2) is 0 Å². The fourth-order valence-electron chi connectivity index (χ4n) is 1.62. The standard InChI is InChI=1S/C13H18FNO3/c1-10-4-3-5-11(12(10)14)13(17)15(6-8-16)7-9-18-2/h3-5,16H,6-9H2,1-2H3. The highest BCUT2D eigenvalue weighted by Gasteiger charge is 2.19. The number of aliphatic hydroxyl groups excluding tert-OH is 1. The molecule has 5 heteroatoms. The number of carbonyl (C=O) groups is 1. The zero-order chi connectivity index (χ0) is 13.5. The van der Waals surface area contributed by atoms with E-state index >= 15 is 0 Å². The number of benzene rings is 1. The number of hydrogen-bond acceptors (Lipinski definition) is 3. The van der Waals surface area contributed by atoms with Crippen molar-refractivity contribution in [3.63, 3.8) is 0 Å². The van der Waals surface area contributed by atoms with Gasteiger partial charge in [0, 0.05) is 20.2 Å². The van der Waals surface area contributed by atoms with Crippen molar-refractivity contribution in [2.45, 2.75) is 6.92 Å². The van der Waals surface area contributed by atoms with E-state index in [1.807, 2.05) is 0 Å². The highest BCUT2D eigenvalue weighted by molar-refractivity contribution is 5.94. The second kappa shape index (κ2) is 7.08. The van der Waals surface area contributed by atoms with E-state index in [1.54, 1.807) is 19.1 Å². The highest BCUT2D eigenvalue weighted by atomic mass is 19.1. The van der Waals surface area contributed by atoms with Gasteiger partial charge in [0.1, 0.15) is 5.82 Å². The first-order chi connectivity index (χ1) is 8.61. The van der Waals surface area contributed by atoms with Crippen molar-refractivity contribution in [3.05, 3.63) is 35.1 Å². The Balaban J connectivity index is 2.90. The molecular formula is C13H18FNO3. The van der Waals surface area contributed by atoms with E-state index in [4.69, 9.17) is 9.84 Å². The Morgan fingerprint density at radius 3 is 2.78 bits per heavy atom. The molecule has 0 unspecified atom stereocenters. The van der Waals surface area contributed by atoms with Crippen molar-refractivity contribution in [1.82, 2.24) is 4.90 Å². The minimum atomic E-state index is -0.511. The maximum absolute atomic E-state index is 13.8. The number of carbonyl (C=O) groups excluding carboxylic acids is 1. The van der Waals surface area contributed by atoms with Gasteiger partial charge in [0.25, 0.3) is 5.91 Å². The summed E-state index contributed by atoms with van der Waals surface area (Å²) in [6.07, 6.45) is 0. The van der Waals surface area contributed by atoms with E-state index in [1.165, 1.54) is 18.1 Å². The molecule has 1 rings (SSSR count). The first-order valence-corrected chi connectivity index (χ1v) is 5.76. The summed E-state index contributed by atoms with van der Waals surface area (Å²) in [7, 11) is 1.52. The van der Waals surface area contributed by atoms with Gasteiger partial charge in [-0.1, -0.05) is 12.1 Å². The molecule has 0 aliphatic rings. The number of hydrogen-bond donors (Lipinski definition) is 1. The molecule has 1 amide bonds. The zero-order valence-corrected chi connectivity index (χ0v) is 10.6. The van der Waals surface area contributed by atoms with Crippen LogP contribution in [0.1, 0.15) is 15.9 Å². The van der Waals surface area contributed by atoms with Crippen LogP contribution in [0.5, 0.6) is 0 Å². The molecule has 0 fully saturated rings. The van der Waals surface area contributed by atoms with E-state index in [0.29, 0.717) is 18.7 Å². The molecule has 0 aliphatic carbocycles. The predicted molar refractivity (Wildman–Crippen MR) is 66.0 cm³/mol. The molecule has 0 bridgehead atoms. The molecule has 0 aliphatic heterocycles. The van der Waals surface area contributed by atoms with Crippen LogP contribution < -0.4 is 0 Å². The van der Waals surface area contributed by atoms with E-state index < -0.39 is 11.7 Å². The van der Waals surface area contributed by atoms with Gasteiger partial charge < -0.3 is 14.7 Å². The fourth-order valence-corrected chi connectivity index (χ4v) is 1.62. The Morgan fingerprint density at radius 2 is 2.17 bits per heavy atom. The lowest BCUT2D eigenvalue weighted by Gasteiger charge is -2.21. The molecule has 0 atom stereocenters. The Bertz CT molecular complexity index is 409. The lowest BCUT2D eigenvalue weighted by Crippen LogP contribution is -2.36. The summed E-state index contributed by atoms with van der Waals surface area (Å²) in [5.74, 6) is -0.940. The van der Waals surface area contributed by atoms with Crippen LogP contribution in [0.25, 0.3) is 0 Å². The Labute approximate surface area is 106 Å². The summed E-state index contributed by atoms with van der Waals surface area (Å²) in [5, 5.41) is 8.93. The second-order valence-electron chi connectivity index (χ2n) is 3.95. The summed E-state index contributed by atoms with van der Waals surface area (Å²) in [5.41, 5.74) is 0.455. The smallest absolute Gasteiger partial charge is 0.256 e. The van der Waals surface area contributed by atoms with E-state index in [9.17, 15) is 9.18 Å². The third kappa shape index (κ3) is 3.51. The SMILES string of the molecule is COCCN(CCO)C(=O)c1cccc(C)c1F. The first kappa shape index (κ1) is 14.6. The molecule has 1 aromatic carbocycles. The molecule has 0 spiro atoms. The van der Waals surface area contributed by atoms with Crippen LogP contribution in [0.15, 0.2) is 18.2 Å². The monoisotopic (exact) mass is 255 g/mol. The number of nitrogens with zero attached hydrogens (tertiary/aromatic N) is 1.